The number of carbonyl (C=O) groups excluding carboxylic acids is 1. The molecule has 1 saturated heterocycles. The van der Waals surface area contributed by atoms with E-state index in [1.807, 2.05) is 35.2 Å². The molecule has 1 aromatic rings. The maximum Gasteiger partial charge on any atom is 0.227 e. The largest absolute Gasteiger partial charge is 0.393 e. The third-order valence-corrected chi connectivity index (χ3v) is 3.71. The van der Waals surface area contributed by atoms with Gasteiger partial charge in [-0.3, -0.25) is 4.79 Å². The first-order valence-electron chi connectivity index (χ1n) is 6.28. The number of hydrogen-bond donors (Lipinski definition) is 1. The average Bonchev–Trinajstić information content (AvgIpc) is 2.40. The van der Waals surface area contributed by atoms with Gasteiger partial charge in [0.1, 0.15) is 0 Å². The topological polar surface area (TPSA) is 46.3 Å². The summed E-state index contributed by atoms with van der Waals surface area (Å²) in [5, 5.41) is 0. The van der Waals surface area contributed by atoms with Crippen LogP contribution in [0.5, 0.6) is 0 Å². The molecule has 1 aromatic carbocycles. The van der Waals surface area contributed by atoms with Crippen molar-refractivity contribution in [3.05, 3.63) is 35.9 Å². The highest BCUT2D eigenvalue weighted by atomic mass is 32.1. The van der Waals surface area contributed by atoms with Crippen LogP contribution in [0.4, 0.5) is 0 Å². The summed E-state index contributed by atoms with van der Waals surface area (Å²) in [4.78, 5) is 14.6. The van der Waals surface area contributed by atoms with E-state index in [0.29, 0.717) is 18.0 Å². The zero-order valence-corrected chi connectivity index (χ0v) is 11.2. The summed E-state index contributed by atoms with van der Waals surface area (Å²) in [6, 6.07) is 9.82. The molecule has 96 valence electrons. The Balaban J connectivity index is 1.95. The zero-order chi connectivity index (χ0) is 13.0. The van der Waals surface area contributed by atoms with Gasteiger partial charge in [-0.2, -0.15) is 0 Å². The van der Waals surface area contributed by atoms with Crippen LogP contribution < -0.4 is 5.73 Å². The van der Waals surface area contributed by atoms with E-state index in [1.54, 1.807) is 0 Å². The third-order valence-electron chi connectivity index (χ3n) is 3.37. The summed E-state index contributed by atoms with van der Waals surface area (Å²) < 4.78 is 0. The van der Waals surface area contributed by atoms with Crippen LogP contribution in [0, 0.1) is 5.92 Å². The lowest BCUT2D eigenvalue weighted by atomic mass is 9.97. The molecule has 2 rings (SSSR count). The van der Waals surface area contributed by atoms with E-state index in [4.69, 9.17) is 18.0 Å². The van der Waals surface area contributed by atoms with Crippen molar-refractivity contribution in [3.8, 4) is 0 Å². The zero-order valence-electron chi connectivity index (χ0n) is 10.3. The van der Waals surface area contributed by atoms with Crippen molar-refractivity contribution in [1.82, 2.24) is 4.90 Å². The van der Waals surface area contributed by atoms with Gasteiger partial charge >= 0.3 is 0 Å². The molecule has 1 atom stereocenters. The fraction of sp³-hybridized carbons (Fsp3) is 0.429. The van der Waals surface area contributed by atoms with Gasteiger partial charge in [-0.25, -0.2) is 0 Å². The van der Waals surface area contributed by atoms with E-state index in [1.165, 1.54) is 0 Å². The van der Waals surface area contributed by atoms with Crippen LogP contribution in [0.3, 0.4) is 0 Å². The second-order valence-corrected chi connectivity index (χ2v) is 5.22. The number of amides is 1. The fourth-order valence-electron chi connectivity index (χ4n) is 2.32. The van der Waals surface area contributed by atoms with Crippen molar-refractivity contribution in [3.63, 3.8) is 0 Å². The number of benzene rings is 1. The fourth-order valence-corrected chi connectivity index (χ4v) is 2.51. The Labute approximate surface area is 113 Å². The van der Waals surface area contributed by atoms with Crippen LogP contribution in [0.25, 0.3) is 0 Å². The van der Waals surface area contributed by atoms with Gasteiger partial charge in [0, 0.05) is 19.0 Å². The van der Waals surface area contributed by atoms with Gasteiger partial charge in [0.25, 0.3) is 0 Å². The smallest absolute Gasteiger partial charge is 0.227 e. The quantitative estimate of drug-likeness (QED) is 0.844. The Morgan fingerprint density at radius 1 is 1.39 bits per heavy atom. The standard InChI is InChI=1S/C14H18N2OS/c15-14(18)12-7-4-8-16(10-12)13(17)9-11-5-2-1-3-6-11/h1-3,5-6,12H,4,7-10H2,(H2,15,18). The maximum absolute atomic E-state index is 12.2. The number of nitrogens with zero attached hydrogens (tertiary/aromatic N) is 1. The lowest BCUT2D eigenvalue weighted by molar-refractivity contribution is -0.131. The lowest BCUT2D eigenvalue weighted by Gasteiger charge is -2.32. The molecule has 3 nitrogen and oxygen atoms in total. The predicted molar refractivity (Wildman–Crippen MR) is 76.2 cm³/mol. The molecule has 0 aromatic heterocycles. The molecular formula is C14H18N2OS. The molecule has 1 heterocycles. The molecule has 0 saturated carbocycles. The minimum absolute atomic E-state index is 0.169. The summed E-state index contributed by atoms with van der Waals surface area (Å²) >= 11 is 5.02. The van der Waals surface area contributed by atoms with Gasteiger partial charge < -0.3 is 10.6 Å². The van der Waals surface area contributed by atoms with Gasteiger partial charge in [0.2, 0.25) is 5.91 Å². The summed E-state index contributed by atoms with van der Waals surface area (Å²) in [7, 11) is 0. The Bertz CT molecular complexity index is 433. The Morgan fingerprint density at radius 3 is 2.78 bits per heavy atom. The molecule has 0 aliphatic carbocycles. The normalized spacial score (nSPS) is 19.6. The van der Waals surface area contributed by atoms with Gasteiger partial charge in [0.15, 0.2) is 0 Å². The first-order chi connectivity index (χ1) is 8.66. The van der Waals surface area contributed by atoms with Gasteiger partial charge in [-0.1, -0.05) is 42.5 Å². The molecule has 1 aliphatic heterocycles. The summed E-state index contributed by atoms with van der Waals surface area (Å²) in [6.45, 7) is 1.51. The molecule has 1 unspecified atom stereocenters. The van der Waals surface area contributed by atoms with Crippen molar-refractivity contribution in [2.75, 3.05) is 13.1 Å². The van der Waals surface area contributed by atoms with Crippen molar-refractivity contribution in [2.45, 2.75) is 19.3 Å². The van der Waals surface area contributed by atoms with Gasteiger partial charge in [-0.15, -0.1) is 0 Å². The number of carbonyl (C=O) groups is 1. The number of nitrogens with two attached hydrogens (primary N) is 1. The van der Waals surface area contributed by atoms with Gasteiger partial charge in [0.05, 0.1) is 11.4 Å². The molecule has 0 spiro atoms. The number of likely N-dealkylation sites (tertiary alicyclic amines) is 1. The first-order valence-corrected chi connectivity index (χ1v) is 6.68. The van der Waals surface area contributed by atoms with E-state index in [9.17, 15) is 4.79 Å². The minimum atomic E-state index is 0.169. The maximum atomic E-state index is 12.2. The summed E-state index contributed by atoms with van der Waals surface area (Å²) in [5.74, 6) is 0.357. The molecule has 0 radical (unpaired) electrons. The van der Waals surface area contributed by atoms with Gasteiger partial charge in [-0.05, 0) is 18.4 Å². The summed E-state index contributed by atoms with van der Waals surface area (Å²) in [6.07, 6.45) is 2.46. The minimum Gasteiger partial charge on any atom is -0.393 e. The second kappa shape index (κ2) is 5.96. The van der Waals surface area contributed by atoms with Crippen LogP contribution in [-0.4, -0.2) is 28.9 Å². The average molecular weight is 262 g/mol. The first kappa shape index (κ1) is 13.0. The van der Waals surface area contributed by atoms with E-state index >= 15 is 0 Å². The van der Waals surface area contributed by atoms with Crippen molar-refractivity contribution < 1.29 is 4.79 Å². The predicted octanol–water partition coefficient (Wildman–Crippen LogP) is 1.75. The Hall–Kier alpha value is -1.42. The van der Waals surface area contributed by atoms with Crippen LogP contribution in [-0.2, 0) is 11.2 Å². The van der Waals surface area contributed by atoms with Crippen molar-refractivity contribution in [1.29, 1.82) is 0 Å². The van der Waals surface area contributed by atoms with Crippen LogP contribution in [0.1, 0.15) is 18.4 Å². The van der Waals surface area contributed by atoms with E-state index in [0.717, 1.165) is 24.9 Å². The van der Waals surface area contributed by atoms with E-state index in [-0.39, 0.29) is 11.8 Å². The Morgan fingerprint density at radius 2 is 2.11 bits per heavy atom. The highest BCUT2D eigenvalue weighted by Gasteiger charge is 2.24. The molecule has 18 heavy (non-hydrogen) atoms. The number of piperidine rings is 1. The van der Waals surface area contributed by atoms with E-state index < -0.39 is 0 Å². The molecule has 4 heteroatoms. The van der Waals surface area contributed by atoms with E-state index in [2.05, 4.69) is 0 Å². The van der Waals surface area contributed by atoms with Crippen molar-refractivity contribution >= 4 is 23.1 Å². The number of thiocarbonyl (C=S) groups is 1. The van der Waals surface area contributed by atoms with Crippen LogP contribution in [0.2, 0.25) is 0 Å². The molecule has 0 bridgehead atoms. The van der Waals surface area contributed by atoms with Crippen LogP contribution in [0.15, 0.2) is 30.3 Å². The van der Waals surface area contributed by atoms with Crippen molar-refractivity contribution in [2.24, 2.45) is 11.7 Å². The Kier molecular flexibility index (Phi) is 4.31. The molecule has 2 N–H and O–H groups in total. The summed E-state index contributed by atoms with van der Waals surface area (Å²) in [5.41, 5.74) is 6.73. The number of hydrogen-bond acceptors (Lipinski definition) is 2. The molecule has 1 amide bonds. The third kappa shape index (κ3) is 3.29. The second-order valence-electron chi connectivity index (χ2n) is 4.74. The SMILES string of the molecule is NC(=S)C1CCCN(C(=O)Cc2ccccc2)C1. The molecular weight excluding hydrogens is 244 g/mol. The monoisotopic (exact) mass is 262 g/mol. The lowest BCUT2D eigenvalue weighted by Crippen LogP contribution is -2.44. The number of rotatable bonds is 3. The molecule has 1 fully saturated rings. The van der Waals surface area contributed by atoms with Crippen LogP contribution >= 0.6 is 12.2 Å². The highest BCUT2D eigenvalue weighted by molar-refractivity contribution is 7.80. The molecule has 1 aliphatic rings. The highest BCUT2D eigenvalue weighted by Crippen LogP contribution is 2.17.